The zero-order valence-electron chi connectivity index (χ0n) is 13.0. The minimum Gasteiger partial charge on any atom is -0.444 e. The second-order valence-corrected chi connectivity index (χ2v) is 6.17. The molecule has 2 atom stereocenters. The van der Waals surface area contributed by atoms with Crippen molar-refractivity contribution >= 4 is 6.09 Å². The first-order valence-electron chi connectivity index (χ1n) is 7.24. The van der Waals surface area contributed by atoms with Crippen molar-refractivity contribution in [2.24, 2.45) is 11.7 Å². The molecular formula is C14H29N3O2. The van der Waals surface area contributed by atoms with Crippen molar-refractivity contribution < 1.29 is 9.53 Å². The van der Waals surface area contributed by atoms with Gasteiger partial charge in [0.1, 0.15) is 5.60 Å². The van der Waals surface area contributed by atoms with Crippen LogP contribution in [0.3, 0.4) is 0 Å². The van der Waals surface area contributed by atoms with Crippen molar-refractivity contribution in [1.82, 2.24) is 9.80 Å². The Bertz CT molecular complexity index is 298. The van der Waals surface area contributed by atoms with Crippen LogP contribution < -0.4 is 5.73 Å². The van der Waals surface area contributed by atoms with Gasteiger partial charge in [0.2, 0.25) is 0 Å². The Hall–Kier alpha value is -0.810. The fourth-order valence-electron chi connectivity index (χ4n) is 2.67. The van der Waals surface area contributed by atoms with E-state index in [0.29, 0.717) is 25.0 Å². The number of ether oxygens (including phenoxy) is 1. The first-order chi connectivity index (χ1) is 8.82. The molecule has 5 nitrogen and oxygen atoms in total. The van der Waals surface area contributed by atoms with Crippen molar-refractivity contribution in [3.05, 3.63) is 0 Å². The molecule has 0 radical (unpaired) electrons. The molecule has 1 aliphatic heterocycles. The van der Waals surface area contributed by atoms with E-state index in [2.05, 4.69) is 18.7 Å². The van der Waals surface area contributed by atoms with Gasteiger partial charge in [-0.15, -0.1) is 0 Å². The molecule has 0 spiro atoms. The van der Waals surface area contributed by atoms with Crippen LogP contribution in [-0.4, -0.2) is 60.3 Å². The maximum absolute atomic E-state index is 12.1. The molecule has 2 N–H and O–H groups in total. The molecule has 0 aromatic carbocycles. The van der Waals surface area contributed by atoms with Crippen LogP contribution in [0.2, 0.25) is 0 Å². The normalized spacial score (nSPS) is 24.1. The van der Waals surface area contributed by atoms with E-state index in [9.17, 15) is 4.79 Å². The van der Waals surface area contributed by atoms with Crippen LogP contribution in [0.15, 0.2) is 0 Å². The number of nitrogens with zero attached hydrogens (tertiary/aromatic N) is 2. The number of likely N-dealkylation sites (tertiary alicyclic amines) is 1. The number of carbonyl (C=O) groups excluding carboxylic acids is 1. The summed E-state index contributed by atoms with van der Waals surface area (Å²) in [4.78, 5) is 16.3. The second kappa shape index (κ2) is 6.57. The molecule has 1 amide bonds. The third-order valence-corrected chi connectivity index (χ3v) is 3.64. The molecule has 0 aromatic heterocycles. The van der Waals surface area contributed by atoms with E-state index in [1.54, 1.807) is 4.90 Å². The lowest BCUT2D eigenvalue weighted by molar-refractivity contribution is 0.0279. The molecule has 1 rings (SSSR count). The summed E-state index contributed by atoms with van der Waals surface area (Å²) in [6.45, 7) is 14.0. The average Bonchev–Trinajstić information content (AvgIpc) is 2.73. The van der Waals surface area contributed by atoms with E-state index in [1.807, 2.05) is 20.8 Å². The summed E-state index contributed by atoms with van der Waals surface area (Å²) in [6.07, 6.45) is -0.222. The van der Waals surface area contributed by atoms with E-state index in [-0.39, 0.29) is 6.09 Å². The third-order valence-electron chi connectivity index (χ3n) is 3.64. The van der Waals surface area contributed by atoms with Gasteiger partial charge in [-0.3, -0.25) is 4.90 Å². The summed E-state index contributed by atoms with van der Waals surface area (Å²) in [5.41, 5.74) is 5.41. The Labute approximate surface area is 117 Å². The fourth-order valence-corrected chi connectivity index (χ4v) is 2.67. The Kier molecular flexibility index (Phi) is 5.62. The van der Waals surface area contributed by atoms with Crippen LogP contribution in [0.4, 0.5) is 4.79 Å². The molecule has 0 bridgehead atoms. The lowest BCUT2D eigenvalue weighted by Crippen LogP contribution is -2.43. The molecule has 1 aliphatic rings. The van der Waals surface area contributed by atoms with Gasteiger partial charge in [-0.25, -0.2) is 4.79 Å². The van der Waals surface area contributed by atoms with E-state index in [4.69, 9.17) is 10.5 Å². The quantitative estimate of drug-likeness (QED) is 0.842. The first-order valence-corrected chi connectivity index (χ1v) is 7.24. The molecular weight excluding hydrogens is 242 g/mol. The smallest absolute Gasteiger partial charge is 0.410 e. The summed E-state index contributed by atoms with van der Waals surface area (Å²) >= 11 is 0. The molecule has 1 saturated heterocycles. The lowest BCUT2D eigenvalue weighted by Gasteiger charge is -2.29. The second-order valence-electron chi connectivity index (χ2n) is 6.17. The van der Waals surface area contributed by atoms with Gasteiger partial charge in [-0.05, 0) is 40.4 Å². The summed E-state index contributed by atoms with van der Waals surface area (Å²) < 4.78 is 5.44. The van der Waals surface area contributed by atoms with Crippen molar-refractivity contribution in [1.29, 1.82) is 0 Å². The number of hydrogen-bond acceptors (Lipinski definition) is 4. The van der Waals surface area contributed by atoms with Crippen molar-refractivity contribution in [3.8, 4) is 0 Å². The minimum atomic E-state index is -0.442. The van der Waals surface area contributed by atoms with Gasteiger partial charge in [0.15, 0.2) is 0 Å². The molecule has 1 fully saturated rings. The van der Waals surface area contributed by atoms with Crippen LogP contribution in [0, 0.1) is 5.92 Å². The zero-order valence-corrected chi connectivity index (χ0v) is 13.0. The average molecular weight is 271 g/mol. The van der Waals surface area contributed by atoms with Crippen LogP contribution >= 0.6 is 0 Å². The van der Waals surface area contributed by atoms with Crippen molar-refractivity contribution in [2.75, 3.05) is 32.7 Å². The molecule has 1 heterocycles. The Morgan fingerprint density at radius 1 is 1.32 bits per heavy atom. The van der Waals surface area contributed by atoms with E-state index < -0.39 is 5.60 Å². The largest absolute Gasteiger partial charge is 0.444 e. The monoisotopic (exact) mass is 271 g/mol. The van der Waals surface area contributed by atoms with Crippen LogP contribution in [0.1, 0.15) is 34.6 Å². The van der Waals surface area contributed by atoms with Gasteiger partial charge in [0.05, 0.1) is 0 Å². The summed E-state index contributed by atoms with van der Waals surface area (Å²) in [7, 11) is 0. The summed E-state index contributed by atoms with van der Waals surface area (Å²) in [6, 6.07) is 0.354. The fraction of sp³-hybridized carbons (Fsp3) is 0.929. The number of nitrogens with two attached hydrogens (primary N) is 1. The van der Waals surface area contributed by atoms with E-state index in [1.165, 1.54) is 0 Å². The highest BCUT2D eigenvalue weighted by atomic mass is 16.6. The molecule has 0 unspecified atom stereocenters. The molecule has 0 aliphatic carbocycles. The van der Waals surface area contributed by atoms with Crippen LogP contribution in [-0.2, 0) is 4.74 Å². The highest BCUT2D eigenvalue weighted by Gasteiger charge is 2.38. The van der Waals surface area contributed by atoms with Gasteiger partial charge in [-0.2, -0.15) is 0 Å². The number of rotatable bonds is 4. The van der Waals surface area contributed by atoms with Gasteiger partial charge < -0.3 is 15.4 Å². The summed E-state index contributed by atoms with van der Waals surface area (Å²) in [5, 5.41) is 0. The maximum atomic E-state index is 12.1. The Morgan fingerprint density at radius 3 is 2.32 bits per heavy atom. The topological polar surface area (TPSA) is 58.8 Å². The standard InChI is InChI=1S/C14H29N3O2/c1-6-16(7-2)12-10-17(9-11(12)8-15)13(18)19-14(3,4)5/h11-12H,6-10,15H2,1-5H3/t11-,12+/m0/s1. The maximum Gasteiger partial charge on any atom is 0.410 e. The Balaban J connectivity index is 2.68. The van der Waals surface area contributed by atoms with Gasteiger partial charge in [0.25, 0.3) is 0 Å². The number of carbonyl (C=O) groups is 1. The Morgan fingerprint density at radius 2 is 1.89 bits per heavy atom. The zero-order chi connectivity index (χ0) is 14.6. The lowest BCUT2D eigenvalue weighted by atomic mass is 10.0. The summed E-state index contributed by atoms with van der Waals surface area (Å²) in [5.74, 6) is 0.340. The molecule has 0 aromatic rings. The van der Waals surface area contributed by atoms with Crippen molar-refractivity contribution in [2.45, 2.75) is 46.3 Å². The van der Waals surface area contributed by atoms with Gasteiger partial charge in [-0.1, -0.05) is 13.8 Å². The predicted octanol–water partition coefficient (Wildman–Crippen LogP) is 1.52. The number of amides is 1. The van der Waals surface area contributed by atoms with Crippen molar-refractivity contribution in [3.63, 3.8) is 0 Å². The third kappa shape index (κ3) is 4.35. The van der Waals surface area contributed by atoms with Crippen LogP contribution in [0.5, 0.6) is 0 Å². The van der Waals surface area contributed by atoms with Gasteiger partial charge >= 0.3 is 6.09 Å². The molecule has 19 heavy (non-hydrogen) atoms. The highest BCUT2D eigenvalue weighted by molar-refractivity contribution is 5.68. The van der Waals surface area contributed by atoms with Gasteiger partial charge in [0, 0.05) is 25.0 Å². The van der Waals surface area contributed by atoms with E-state index >= 15 is 0 Å². The SMILES string of the molecule is CCN(CC)[C@@H]1CN(C(=O)OC(C)(C)C)C[C@@H]1CN. The highest BCUT2D eigenvalue weighted by Crippen LogP contribution is 2.23. The van der Waals surface area contributed by atoms with Crippen LogP contribution in [0.25, 0.3) is 0 Å². The first kappa shape index (κ1) is 16.2. The molecule has 0 saturated carbocycles. The number of likely N-dealkylation sites (N-methyl/N-ethyl adjacent to an activating group) is 1. The number of hydrogen-bond donors (Lipinski definition) is 1. The van der Waals surface area contributed by atoms with E-state index in [0.717, 1.165) is 19.6 Å². The molecule has 5 heteroatoms. The predicted molar refractivity (Wildman–Crippen MR) is 77.1 cm³/mol. The molecule has 112 valence electrons. The minimum absolute atomic E-state index is 0.222.